The van der Waals surface area contributed by atoms with Gasteiger partial charge in [0.05, 0.1) is 0 Å². The molecule has 2 aliphatic rings. The Balaban J connectivity index is 1.40. The van der Waals surface area contributed by atoms with Crippen molar-refractivity contribution in [3.05, 3.63) is 71.8 Å². The zero-order chi connectivity index (χ0) is 21.1. The van der Waals surface area contributed by atoms with Gasteiger partial charge >= 0.3 is 11.9 Å². The smallest absolute Gasteiger partial charge is 0.317 e. The fourth-order valence-corrected chi connectivity index (χ4v) is 4.48. The molecule has 0 amide bonds. The lowest BCUT2D eigenvalue weighted by atomic mass is 9.89. The first-order valence-electron chi connectivity index (χ1n) is 10.0. The Labute approximate surface area is 174 Å². The molecule has 2 aromatic rings. The number of carbonyl (C=O) groups excluding carboxylic acids is 4. The normalized spacial score (nSPS) is 25.1. The molecular formula is C24H22O6. The maximum atomic E-state index is 12.6. The van der Waals surface area contributed by atoms with Crippen LogP contribution in [0.3, 0.4) is 0 Å². The third-order valence-corrected chi connectivity index (χ3v) is 5.93. The van der Waals surface area contributed by atoms with Crippen molar-refractivity contribution in [1.82, 2.24) is 0 Å². The molecule has 6 nitrogen and oxygen atoms in total. The molecule has 0 bridgehead atoms. The molecule has 0 unspecified atom stereocenters. The summed E-state index contributed by atoms with van der Waals surface area (Å²) < 4.78 is 10.7. The number of hydrogen-bond donors (Lipinski definition) is 0. The zero-order valence-corrected chi connectivity index (χ0v) is 16.4. The SMILES string of the molecule is O=C1C[C@@H]2[C@@H](C(=O)OCc3ccccc3)C(=O)C[C@@H]2[C@H]1C(=O)OCc1ccccc1. The number of carbonyl (C=O) groups is 4. The minimum absolute atomic E-state index is 0.0205. The minimum atomic E-state index is -0.991. The molecule has 2 fully saturated rings. The van der Waals surface area contributed by atoms with Crippen LogP contribution >= 0.6 is 0 Å². The van der Waals surface area contributed by atoms with E-state index in [2.05, 4.69) is 0 Å². The van der Waals surface area contributed by atoms with Crippen molar-refractivity contribution in [1.29, 1.82) is 0 Å². The van der Waals surface area contributed by atoms with E-state index in [-0.39, 0.29) is 37.6 Å². The van der Waals surface area contributed by atoms with E-state index in [4.69, 9.17) is 9.47 Å². The molecule has 0 saturated heterocycles. The summed E-state index contributed by atoms with van der Waals surface area (Å²) in [6.45, 7) is 0.134. The second-order valence-corrected chi connectivity index (χ2v) is 7.81. The van der Waals surface area contributed by atoms with Crippen molar-refractivity contribution in [3.8, 4) is 0 Å². The summed E-state index contributed by atoms with van der Waals surface area (Å²) in [6.07, 6.45) is 0.0409. The van der Waals surface area contributed by atoms with Crippen LogP contribution in [0.25, 0.3) is 0 Å². The Kier molecular flexibility index (Phi) is 5.74. The van der Waals surface area contributed by atoms with E-state index in [9.17, 15) is 19.2 Å². The van der Waals surface area contributed by atoms with Crippen molar-refractivity contribution in [2.75, 3.05) is 0 Å². The first-order chi connectivity index (χ1) is 14.5. The molecule has 30 heavy (non-hydrogen) atoms. The molecule has 4 atom stereocenters. The number of benzene rings is 2. The molecule has 0 aliphatic heterocycles. The first-order valence-corrected chi connectivity index (χ1v) is 10.0. The summed E-state index contributed by atoms with van der Waals surface area (Å²) in [5, 5.41) is 0. The van der Waals surface area contributed by atoms with Crippen molar-refractivity contribution in [2.24, 2.45) is 23.7 Å². The fourth-order valence-electron chi connectivity index (χ4n) is 4.48. The lowest BCUT2D eigenvalue weighted by molar-refractivity contribution is -0.155. The van der Waals surface area contributed by atoms with Crippen LogP contribution in [0, 0.1) is 23.7 Å². The van der Waals surface area contributed by atoms with Crippen LogP contribution < -0.4 is 0 Å². The van der Waals surface area contributed by atoms with Gasteiger partial charge in [-0.1, -0.05) is 60.7 Å². The molecule has 0 N–H and O–H groups in total. The quantitative estimate of drug-likeness (QED) is 0.542. The Bertz CT molecular complexity index is 873. The van der Waals surface area contributed by atoms with Gasteiger partial charge in [0.15, 0.2) is 0 Å². The van der Waals surface area contributed by atoms with E-state index in [1.54, 1.807) is 0 Å². The summed E-state index contributed by atoms with van der Waals surface area (Å²) in [6, 6.07) is 18.4. The minimum Gasteiger partial charge on any atom is -0.460 e. The molecule has 6 heteroatoms. The van der Waals surface area contributed by atoms with E-state index >= 15 is 0 Å². The molecule has 0 spiro atoms. The third kappa shape index (κ3) is 4.03. The third-order valence-electron chi connectivity index (χ3n) is 5.93. The van der Waals surface area contributed by atoms with Crippen molar-refractivity contribution in [3.63, 3.8) is 0 Å². The summed E-state index contributed by atoms with van der Waals surface area (Å²) in [7, 11) is 0. The highest BCUT2D eigenvalue weighted by molar-refractivity contribution is 6.07. The van der Waals surface area contributed by atoms with E-state index in [1.165, 1.54) is 0 Å². The Morgan fingerprint density at radius 3 is 1.40 bits per heavy atom. The molecule has 0 aromatic heterocycles. The predicted molar refractivity (Wildman–Crippen MR) is 106 cm³/mol. The maximum Gasteiger partial charge on any atom is 0.317 e. The van der Waals surface area contributed by atoms with Gasteiger partial charge in [-0.2, -0.15) is 0 Å². The van der Waals surface area contributed by atoms with Crippen LogP contribution in [0.2, 0.25) is 0 Å². The van der Waals surface area contributed by atoms with Gasteiger partial charge in [-0.3, -0.25) is 19.2 Å². The molecule has 0 heterocycles. The lowest BCUT2D eigenvalue weighted by Crippen LogP contribution is -2.27. The Morgan fingerprint density at radius 1 is 0.667 bits per heavy atom. The molecule has 154 valence electrons. The molecule has 2 aromatic carbocycles. The number of hydrogen-bond acceptors (Lipinski definition) is 6. The van der Waals surface area contributed by atoms with E-state index in [0.717, 1.165) is 11.1 Å². The summed E-state index contributed by atoms with van der Waals surface area (Å²) in [5.41, 5.74) is 1.63. The first kappa shape index (κ1) is 20.0. The summed E-state index contributed by atoms with van der Waals surface area (Å²) in [4.78, 5) is 50.3. The highest BCUT2D eigenvalue weighted by Crippen LogP contribution is 2.48. The standard InChI is InChI=1S/C24H22O6/c25-19-12-18-17(21(19)23(27)29-13-15-7-3-1-4-8-15)11-20(26)22(18)24(28)30-14-16-9-5-2-6-10-16/h1-10,17-18,21-22H,11-14H2/t17-,18-,21+,22+/m0/s1. The van der Waals surface area contributed by atoms with Crippen molar-refractivity contribution in [2.45, 2.75) is 26.1 Å². The van der Waals surface area contributed by atoms with Crippen LogP contribution in [0.4, 0.5) is 0 Å². The average Bonchev–Trinajstić information content (AvgIpc) is 3.24. The molecule has 4 rings (SSSR count). The van der Waals surface area contributed by atoms with Gasteiger partial charge in [0.1, 0.15) is 36.6 Å². The highest BCUT2D eigenvalue weighted by atomic mass is 16.5. The van der Waals surface area contributed by atoms with Gasteiger partial charge in [-0.25, -0.2) is 0 Å². The second kappa shape index (κ2) is 8.61. The number of ether oxygens (including phenoxy) is 2. The van der Waals surface area contributed by atoms with Gasteiger partial charge in [-0.05, 0) is 23.0 Å². The van der Waals surface area contributed by atoms with Gasteiger partial charge in [0.2, 0.25) is 0 Å². The van der Waals surface area contributed by atoms with E-state index in [1.807, 2.05) is 60.7 Å². The zero-order valence-electron chi connectivity index (χ0n) is 16.4. The van der Waals surface area contributed by atoms with Gasteiger partial charge in [0.25, 0.3) is 0 Å². The second-order valence-electron chi connectivity index (χ2n) is 7.81. The largest absolute Gasteiger partial charge is 0.460 e. The Morgan fingerprint density at radius 2 is 1.03 bits per heavy atom. The monoisotopic (exact) mass is 406 g/mol. The van der Waals surface area contributed by atoms with Crippen LogP contribution in [0.15, 0.2) is 60.7 Å². The fraction of sp³-hybridized carbons (Fsp3) is 0.333. The van der Waals surface area contributed by atoms with Crippen LogP contribution in [0.5, 0.6) is 0 Å². The molecule has 2 saturated carbocycles. The highest BCUT2D eigenvalue weighted by Gasteiger charge is 2.58. The molecular weight excluding hydrogens is 384 g/mol. The van der Waals surface area contributed by atoms with Crippen molar-refractivity contribution < 1.29 is 28.7 Å². The van der Waals surface area contributed by atoms with E-state index < -0.39 is 35.6 Å². The lowest BCUT2D eigenvalue weighted by Gasteiger charge is -2.17. The van der Waals surface area contributed by atoms with Crippen LogP contribution in [-0.2, 0) is 41.9 Å². The van der Waals surface area contributed by atoms with Crippen LogP contribution in [0.1, 0.15) is 24.0 Å². The summed E-state index contributed by atoms with van der Waals surface area (Å²) in [5.74, 6) is -4.76. The molecule has 0 radical (unpaired) electrons. The van der Waals surface area contributed by atoms with Gasteiger partial charge < -0.3 is 9.47 Å². The van der Waals surface area contributed by atoms with Crippen molar-refractivity contribution >= 4 is 23.5 Å². The number of Topliss-reactive ketones (excluding diaryl/α,β-unsaturated/α-hetero) is 2. The average molecular weight is 406 g/mol. The number of ketones is 2. The van der Waals surface area contributed by atoms with Gasteiger partial charge in [-0.15, -0.1) is 0 Å². The van der Waals surface area contributed by atoms with Crippen LogP contribution in [-0.4, -0.2) is 23.5 Å². The number of rotatable bonds is 6. The maximum absolute atomic E-state index is 12.6. The number of fused-ring (bicyclic) bond motifs is 1. The number of esters is 2. The molecule has 2 aliphatic carbocycles. The van der Waals surface area contributed by atoms with Gasteiger partial charge in [0, 0.05) is 12.8 Å². The Hall–Kier alpha value is -3.28. The predicted octanol–water partition coefficient (Wildman–Crippen LogP) is 2.88. The topological polar surface area (TPSA) is 86.7 Å². The van der Waals surface area contributed by atoms with E-state index in [0.29, 0.717) is 0 Å². The summed E-state index contributed by atoms with van der Waals surface area (Å²) >= 11 is 0.